The molecule has 0 saturated carbocycles. The van der Waals surface area contributed by atoms with Gasteiger partial charge in [0.2, 0.25) is 10.0 Å². The first-order chi connectivity index (χ1) is 15.9. The zero-order chi connectivity index (χ0) is 25.1. The molecule has 5 nitrogen and oxygen atoms in total. The van der Waals surface area contributed by atoms with Crippen molar-refractivity contribution < 1.29 is 30.8 Å². The largest absolute Gasteiger partial charge is 0.419 e. The first kappa shape index (κ1) is 25.5. The minimum absolute atomic E-state index is 0.0104. The number of nitrogens with one attached hydrogen (secondary N) is 1. The van der Waals surface area contributed by atoms with E-state index in [2.05, 4.69) is 5.32 Å². The van der Waals surface area contributed by atoms with Crippen LogP contribution in [0.4, 0.5) is 23.2 Å². The van der Waals surface area contributed by atoms with Gasteiger partial charge < -0.3 is 5.32 Å². The molecular formula is C23H19ClF4N2O3S. The van der Waals surface area contributed by atoms with Crippen LogP contribution >= 0.6 is 11.6 Å². The second-order valence-corrected chi connectivity index (χ2v) is 9.72. The first-order valence-corrected chi connectivity index (χ1v) is 12.0. The molecule has 3 aromatic rings. The van der Waals surface area contributed by atoms with E-state index in [-0.39, 0.29) is 24.2 Å². The van der Waals surface area contributed by atoms with Gasteiger partial charge in [-0.1, -0.05) is 35.9 Å². The Balaban J connectivity index is 1.72. The van der Waals surface area contributed by atoms with E-state index in [0.717, 1.165) is 16.6 Å². The summed E-state index contributed by atoms with van der Waals surface area (Å²) in [5.74, 6) is -1.99. The number of anilines is 1. The van der Waals surface area contributed by atoms with Gasteiger partial charge in [0.15, 0.2) is 0 Å². The molecule has 1 N–H and O–H groups in total. The SMILES string of the molecule is CS(=O)(=O)N(Cc1ccccc1Cl)c1ccc(C(=O)NCc2ccc(C(F)(F)F)c(F)c2)cc1. The van der Waals surface area contributed by atoms with Gasteiger partial charge in [0.25, 0.3) is 5.91 Å². The quantitative estimate of drug-likeness (QED) is 0.430. The summed E-state index contributed by atoms with van der Waals surface area (Å²) in [5.41, 5.74) is -0.143. The summed E-state index contributed by atoms with van der Waals surface area (Å²) >= 11 is 6.15. The van der Waals surface area contributed by atoms with Crippen LogP contribution in [0.25, 0.3) is 0 Å². The van der Waals surface area contributed by atoms with Crippen LogP contribution in [0.15, 0.2) is 66.7 Å². The molecule has 0 fully saturated rings. The minimum atomic E-state index is -4.81. The van der Waals surface area contributed by atoms with Crippen LogP contribution in [0.3, 0.4) is 0 Å². The fourth-order valence-electron chi connectivity index (χ4n) is 3.14. The number of carbonyl (C=O) groups is 1. The molecule has 0 aromatic heterocycles. The monoisotopic (exact) mass is 514 g/mol. The van der Waals surface area contributed by atoms with E-state index in [1.807, 2.05) is 0 Å². The number of halogens is 5. The fraction of sp³-hybridized carbons (Fsp3) is 0.174. The van der Waals surface area contributed by atoms with Crippen molar-refractivity contribution in [1.29, 1.82) is 0 Å². The molecule has 1 amide bonds. The van der Waals surface area contributed by atoms with Crippen LogP contribution in [0.5, 0.6) is 0 Å². The van der Waals surface area contributed by atoms with Crippen molar-refractivity contribution in [1.82, 2.24) is 5.32 Å². The predicted molar refractivity (Wildman–Crippen MR) is 121 cm³/mol. The van der Waals surface area contributed by atoms with Gasteiger partial charge in [-0.3, -0.25) is 9.10 Å². The highest BCUT2D eigenvalue weighted by Gasteiger charge is 2.33. The summed E-state index contributed by atoms with van der Waals surface area (Å²) in [7, 11) is -3.67. The van der Waals surface area contributed by atoms with Crippen molar-refractivity contribution in [3.63, 3.8) is 0 Å². The highest BCUT2D eigenvalue weighted by Crippen LogP contribution is 2.31. The third-order valence-electron chi connectivity index (χ3n) is 4.88. The third kappa shape index (κ3) is 6.27. The second-order valence-electron chi connectivity index (χ2n) is 7.40. The molecule has 0 bridgehead atoms. The van der Waals surface area contributed by atoms with Gasteiger partial charge in [-0.2, -0.15) is 13.2 Å². The lowest BCUT2D eigenvalue weighted by molar-refractivity contribution is -0.140. The molecule has 180 valence electrons. The van der Waals surface area contributed by atoms with Crippen molar-refractivity contribution in [3.05, 3.63) is 99.8 Å². The number of hydrogen-bond donors (Lipinski definition) is 1. The molecule has 0 spiro atoms. The zero-order valence-corrected chi connectivity index (χ0v) is 19.3. The Bertz CT molecular complexity index is 1300. The highest BCUT2D eigenvalue weighted by atomic mass is 35.5. The summed E-state index contributed by atoms with van der Waals surface area (Å²) in [6.45, 7) is -0.207. The van der Waals surface area contributed by atoms with E-state index in [1.165, 1.54) is 24.3 Å². The number of benzene rings is 3. The van der Waals surface area contributed by atoms with Crippen LogP contribution in [-0.2, 0) is 29.3 Å². The topological polar surface area (TPSA) is 66.5 Å². The summed E-state index contributed by atoms with van der Waals surface area (Å²) in [5, 5.41) is 2.90. The molecule has 0 heterocycles. The van der Waals surface area contributed by atoms with Crippen molar-refractivity contribution in [3.8, 4) is 0 Å². The maximum absolute atomic E-state index is 13.7. The second kappa shape index (κ2) is 10.0. The number of alkyl halides is 3. The van der Waals surface area contributed by atoms with Crippen molar-refractivity contribution >= 4 is 33.2 Å². The molecule has 3 rings (SSSR count). The highest BCUT2D eigenvalue weighted by molar-refractivity contribution is 7.92. The molecule has 34 heavy (non-hydrogen) atoms. The molecule has 3 aromatic carbocycles. The first-order valence-electron chi connectivity index (χ1n) is 9.81. The Kier molecular flexibility index (Phi) is 7.52. The van der Waals surface area contributed by atoms with Gasteiger partial charge >= 0.3 is 6.18 Å². The predicted octanol–water partition coefficient (Wildman–Crippen LogP) is 5.39. The van der Waals surface area contributed by atoms with Crippen molar-refractivity contribution in [2.75, 3.05) is 10.6 Å². The Morgan fingerprint density at radius 1 is 1.03 bits per heavy atom. The fourth-order valence-corrected chi connectivity index (χ4v) is 4.22. The number of hydrogen-bond acceptors (Lipinski definition) is 3. The normalized spacial score (nSPS) is 11.8. The van der Waals surface area contributed by atoms with Crippen LogP contribution in [0.2, 0.25) is 5.02 Å². The van der Waals surface area contributed by atoms with E-state index in [9.17, 15) is 30.8 Å². The number of rotatable bonds is 7. The van der Waals surface area contributed by atoms with Gasteiger partial charge in [0.05, 0.1) is 24.1 Å². The molecule has 0 aliphatic heterocycles. The lowest BCUT2D eigenvalue weighted by atomic mass is 10.1. The van der Waals surface area contributed by atoms with Gasteiger partial charge in [0, 0.05) is 17.1 Å². The Hall–Kier alpha value is -3.11. The summed E-state index contributed by atoms with van der Waals surface area (Å²) in [4.78, 5) is 12.4. The van der Waals surface area contributed by atoms with Crippen LogP contribution in [0, 0.1) is 5.82 Å². The van der Waals surface area contributed by atoms with Gasteiger partial charge in [0.1, 0.15) is 5.82 Å². The van der Waals surface area contributed by atoms with Crippen LogP contribution < -0.4 is 9.62 Å². The van der Waals surface area contributed by atoms with E-state index in [1.54, 1.807) is 24.3 Å². The molecule has 0 aliphatic carbocycles. The van der Waals surface area contributed by atoms with E-state index < -0.39 is 33.5 Å². The number of amides is 1. The molecule has 0 saturated heterocycles. The molecule has 0 aliphatic rings. The Morgan fingerprint density at radius 3 is 2.24 bits per heavy atom. The minimum Gasteiger partial charge on any atom is -0.348 e. The maximum Gasteiger partial charge on any atom is 0.419 e. The number of carbonyl (C=O) groups excluding carboxylic acids is 1. The molecule has 0 radical (unpaired) electrons. The summed E-state index contributed by atoms with van der Waals surface area (Å²) in [6, 6.07) is 14.9. The van der Waals surface area contributed by atoms with Gasteiger partial charge in [-0.15, -0.1) is 0 Å². The molecule has 11 heteroatoms. The van der Waals surface area contributed by atoms with Gasteiger partial charge in [-0.05, 0) is 53.6 Å². The summed E-state index contributed by atoms with van der Waals surface area (Å²) < 4.78 is 77.5. The summed E-state index contributed by atoms with van der Waals surface area (Å²) in [6.07, 6.45) is -3.76. The molecule has 0 unspecified atom stereocenters. The van der Waals surface area contributed by atoms with E-state index in [0.29, 0.717) is 28.4 Å². The van der Waals surface area contributed by atoms with Gasteiger partial charge in [-0.25, -0.2) is 12.8 Å². The van der Waals surface area contributed by atoms with E-state index in [4.69, 9.17) is 11.6 Å². The average Bonchev–Trinajstić information content (AvgIpc) is 2.75. The van der Waals surface area contributed by atoms with Crippen molar-refractivity contribution in [2.24, 2.45) is 0 Å². The number of nitrogens with zero attached hydrogens (tertiary/aromatic N) is 1. The smallest absolute Gasteiger partial charge is 0.348 e. The number of sulfonamides is 1. The lowest BCUT2D eigenvalue weighted by Crippen LogP contribution is -2.29. The van der Waals surface area contributed by atoms with Crippen LogP contribution in [0.1, 0.15) is 27.0 Å². The molecule has 0 atom stereocenters. The Morgan fingerprint density at radius 2 is 1.68 bits per heavy atom. The Labute approximate surface area is 199 Å². The molecular weight excluding hydrogens is 496 g/mol. The zero-order valence-electron chi connectivity index (χ0n) is 17.7. The lowest BCUT2D eigenvalue weighted by Gasteiger charge is -2.23. The van der Waals surface area contributed by atoms with E-state index >= 15 is 0 Å². The van der Waals surface area contributed by atoms with Crippen LogP contribution in [-0.4, -0.2) is 20.6 Å². The standard InChI is InChI=1S/C23H19ClF4N2O3S/c1-34(32,33)30(14-17-4-2-3-5-20(17)24)18-9-7-16(8-10-18)22(31)29-13-15-6-11-19(21(25)12-15)23(26,27)28/h2-12H,13-14H2,1H3,(H,29,31). The maximum atomic E-state index is 13.7. The average molecular weight is 515 g/mol. The van der Waals surface area contributed by atoms with Crippen molar-refractivity contribution in [2.45, 2.75) is 19.3 Å². The third-order valence-corrected chi connectivity index (χ3v) is 6.39.